The smallest absolute Gasteiger partial charge is 0.264 e. The largest absolute Gasteiger partial charge is 0.344 e. The van der Waals surface area contributed by atoms with E-state index in [-0.39, 0.29) is 4.90 Å². The first-order valence-corrected chi connectivity index (χ1v) is 12.1. The maximum absolute atomic E-state index is 13.4. The lowest BCUT2D eigenvalue weighted by molar-refractivity contribution is -0.120. The molecule has 0 aromatic heterocycles. The molecule has 0 aliphatic rings. The van der Waals surface area contributed by atoms with Crippen molar-refractivity contribution >= 4 is 21.6 Å². The zero-order valence-corrected chi connectivity index (χ0v) is 19.0. The highest BCUT2D eigenvalue weighted by Crippen LogP contribution is 2.25. The molecule has 4 rings (SSSR count). The van der Waals surface area contributed by atoms with E-state index in [1.165, 1.54) is 12.1 Å². The third-order valence-electron chi connectivity index (χ3n) is 5.30. The van der Waals surface area contributed by atoms with Crippen LogP contribution in [0.3, 0.4) is 0 Å². The SMILES string of the molecule is O=C(CN(c1ccccc1)S(=O)(=O)c1ccc(F)cc1)NC(c1ccccc1)c1ccccc1. The number of carbonyl (C=O) groups is 1. The molecule has 0 spiro atoms. The monoisotopic (exact) mass is 474 g/mol. The standard InChI is InChI=1S/C27H23FN2O3S/c28-23-16-18-25(19-17-23)34(32,33)30(24-14-8-3-9-15-24)20-26(31)29-27(21-10-4-1-5-11-21)22-12-6-2-7-13-22/h1-19,27H,20H2,(H,29,31). The van der Waals surface area contributed by atoms with Crippen LogP contribution in [0, 0.1) is 5.82 Å². The quantitative estimate of drug-likeness (QED) is 0.394. The molecule has 1 amide bonds. The van der Waals surface area contributed by atoms with Crippen molar-refractivity contribution < 1.29 is 17.6 Å². The van der Waals surface area contributed by atoms with Gasteiger partial charge in [0.2, 0.25) is 5.91 Å². The molecular formula is C27H23FN2O3S. The topological polar surface area (TPSA) is 66.5 Å². The van der Waals surface area contributed by atoms with Gasteiger partial charge in [-0.1, -0.05) is 78.9 Å². The van der Waals surface area contributed by atoms with E-state index in [0.717, 1.165) is 27.6 Å². The summed E-state index contributed by atoms with van der Waals surface area (Å²) in [5, 5.41) is 2.98. The number of carbonyl (C=O) groups excluding carboxylic acids is 1. The van der Waals surface area contributed by atoms with Crippen molar-refractivity contribution in [1.29, 1.82) is 0 Å². The molecule has 0 heterocycles. The predicted octanol–water partition coefficient (Wildman–Crippen LogP) is 4.93. The second-order valence-corrected chi connectivity index (χ2v) is 9.49. The molecule has 7 heteroatoms. The van der Waals surface area contributed by atoms with Gasteiger partial charge in [0.1, 0.15) is 12.4 Å². The van der Waals surface area contributed by atoms with Crippen molar-refractivity contribution in [2.75, 3.05) is 10.8 Å². The van der Waals surface area contributed by atoms with Crippen LogP contribution in [0.2, 0.25) is 0 Å². The number of halogens is 1. The van der Waals surface area contributed by atoms with Gasteiger partial charge in [0.15, 0.2) is 0 Å². The number of benzene rings is 4. The van der Waals surface area contributed by atoms with Crippen LogP contribution in [0.4, 0.5) is 10.1 Å². The summed E-state index contributed by atoms with van der Waals surface area (Å²) in [4.78, 5) is 13.1. The molecule has 0 saturated heterocycles. The first kappa shape index (κ1) is 23.2. The lowest BCUT2D eigenvalue weighted by Gasteiger charge is -2.26. The zero-order valence-electron chi connectivity index (χ0n) is 18.2. The van der Waals surface area contributed by atoms with Gasteiger partial charge in [-0.05, 0) is 47.5 Å². The number of sulfonamides is 1. The summed E-state index contributed by atoms with van der Waals surface area (Å²) < 4.78 is 41.3. The van der Waals surface area contributed by atoms with Crippen molar-refractivity contribution in [1.82, 2.24) is 5.32 Å². The molecule has 34 heavy (non-hydrogen) atoms. The molecule has 4 aromatic rings. The van der Waals surface area contributed by atoms with Gasteiger partial charge in [0.25, 0.3) is 10.0 Å². The maximum Gasteiger partial charge on any atom is 0.264 e. The lowest BCUT2D eigenvalue weighted by Crippen LogP contribution is -2.42. The fourth-order valence-corrected chi connectivity index (χ4v) is 5.05. The van der Waals surface area contributed by atoms with Gasteiger partial charge in [0.05, 0.1) is 16.6 Å². The summed E-state index contributed by atoms with van der Waals surface area (Å²) in [6.45, 7) is -0.445. The zero-order chi connectivity index (χ0) is 24.0. The highest BCUT2D eigenvalue weighted by Gasteiger charge is 2.28. The Bertz CT molecular complexity index is 1290. The summed E-state index contributed by atoms with van der Waals surface area (Å²) in [6, 6.07) is 31.4. The maximum atomic E-state index is 13.4. The Kier molecular flexibility index (Phi) is 7.04. The van der Waals surface area contributed by atoms with E-state index in [1.807, 2.05) is 60.7 Å². The van der Waals surface area contributed by atoms with Crippen LogP contribution in [0.15, 0.2) is 120 Å². The highest BCUT2D eigenvalue weighted by molar-refractivity contribution is 7.92. The number of amides is 1. The van der Waals surface area contributed by atoms with Crippen molar-refractivity contribution in [3.8, 4) is 0 Å². The van der Waals surface area contributed by atoms with Gasteiger partial charge in [-0.25, -0.2) is 12.8 Å². The predicted molar refractivity (Wildman–Crippen MR) is 130 cm³/mol. The van der Waals surface area contributed by atoms with Crippen LogP contribution in [-0.4, -0.2) is 20.9 Å². The molecule has 5 nitrogen and oxygen atoms in total. The van der Waals surface area contributed by atoms with E-state index in [2.05, 4.69) is 5.32 Å². The molecule has 0 saturated carbocycles. The fourth-order valence-electron chi connectivity index (χ4n) is 3.63. The van der Waals surface area contributed by atoms with Crippen LogP contribution in [0.5, 0.6) is 0 Å². The first-order chi connectivity index (χ1) is 16.4. The number of hydrogen-bond donors (Lipinski definition) is 1. The third kappa shape index (κ3) is 5.32. The van der Waals surface area contributed by atoms with E-state index >= 15 is 0 Å². The van der Waals surface area contributed by atoms with Crippen molar-refractivity contribution in [3.63, 3.8) is 0 Å². The van der Waals surface area contributed by atoms with Gasteiger partial charge in [-0.2, -0.15) is 0 Å². The summed E-state index contributed by atoms with van der Waals surface area (Å²) in [6.07, 6.45) is 0. The van der Waals surface area contributed by atoms with E-state index in [4.69, 9.17) is 0 Å². The minimum atomic E-state index is -4.13. The van der Waals surface area contributed by atoms with E-state index in [0.29, 0.717) is 5.69 Å². The number of anilines is 1. The molecule has 1 N–H and O–H groups in total. The second kappa shape index (κ2) is 10.3. The van der Waals surface area contributed by atoms with Gasteiger partial charge in [-0.15, -0.1) is 0 Å². The van der Waals surface area contributed by atoms with Crippen LogP contribution >= 0.6 is 0 Å². The number of hydrogen-bond acceptors (Lipinski definition) is 3. The summed E-state index contributed by atoms with van der Waals surface area (Å²) in [5.74, 6) is -1.02. The molecule has 0 aliphatic carbocycles. The Morgan fingerprint density at radius 2 is 1.21 bits per heavy atom. The second-order valence-electron chi connectivity index (χ2n) is 7.62. The van der Waals surface area contributed by atoms with Crippen LogP contribution in [0.1, 0.15) is 17.2 Å². The average Bonchev–Trinajstić information content (AvgIpc) is 2.87. The van der Waals surface area contributed by atoms with Crippen molar-refractivity contribution in [2.45, 2.75) is 10.9 Å². The van der Waals surface area contributed by atoms with E-state index in [9.17, 15) is 17.6 Å². The number of nitrogens with zero attached hydrogens (tertiary/aromatic N) is 1. The summed E-state index contributed by atoms with van der Waals surface area (Å²) >= 11 is 0. The number of rotatable bonds is 8. The van der Waals surface area contributed by atoms with Gasteiger partial charge in [-0.3, -0.25) is 9.10 Å². The van der Waals surface area contributed by atoms with Gasteiger partial charge >= 0.3 is 0 Å². The number of nitrogens with one attached hydrogen (secondary N) is 1. The molecule has 0 unspecified atom stereocenters. The molecule has 0 atom stereocenters. The minimum absolute atomic E-state index is 0.103. The fraction of sp³-hybridized carbons (Fsp3) is 0.0741. The van der Waals surface area contributed by atoms with E-state index in [1.54, 1.807) is 30.3 Å². The van der Waals surface area contributed by atoms with Crippen LogP contribution in [0.25, 0.3) is 0 Å². The average molecular weight is 475 g/mol. The van der Waals surface area contributed by atoms with Crippen molar-refractivity contribution in [2.24, 2.45) is 0 Å². The Hall–Kier alpha value is -3.97. The van der Waals surface area contributed by atoms with Crippen LogP contribution in [-0.2, 0) is 14.8 Å². The molecule has 4 aromatic carbocycles. The Labute approximate surface area is 198 Å². The normalized spacial score (nSPS) is 11.2. The first-order valence-electron chi connectivity index (χ1n) is 10.7. The molecule has 0 fully saturated rings. The Morgan fingerprint density at radius 3 is 1.71 bits per heavy atom. The molecule has 0 aliphatic heterocycles. The van der Waals surface area contributed by atoms with E-state index < -0.39 is 34.3 Å². The van der Waals surface area contributed by atoms with Gasteiger partial charge < -0.3 is 5.32 Å². The summed E-state index contributed by atoms with van der Waals surface area (Å²) in [5.41, 5.74) is 2.07. The third-order valence-corrected chi connectivity index (χ3v) is 7.09. The Morgan fingerprint density at radius 1 is 0.735 bits per heavy atom. The summed E-state index contributed by atoms with van der Waals surface area (Å²) in [7, 11) is -4.13. The highest BCUT2D eigenvalue weighted by atomic mass is 32.2. The van der Waals surface area contributed by atoms with Crippen molar-refractivity contribution in [3.05, 3.63) is 132 Å². The lowest BCUT2D eigenvalue weighted by atomic mass is 9.99. The number of para-hydroxylation sites is 1. The molecule has 0 bridgehead atoms. The van der Waals surface area contributed by atoms with Crippen LogP contribution < -0.4 is 9.62 Å². The molecule has 172 valence electrons. The minimum Gasteiger partial charge on any atom is -0.344 e. The molecular weight excluding hydrogens is 451 g/mol. The van der Waals surface area contributed by atoms with Gasteiger partial charge in [0, 0.05) is 0 Å². The Balaban J connectivity index is 1.66. The molecule has 0 radical (unpaired) electrons.